The summed E-state index contributed by atoms with van der Waals surface area (Å²) in [5.74, 6) is 0. The second kappa shape index (κ2) is 14.5. The molecule has 0 fully saturated rings. The van der Waals surface area contributed by atoms with E-state index in [0.717, 1.165) is 99.5 Å². The molecule has 0 radical (unpaired) electrons. The Labute approximate surface area is 397 Å². The van der Waals surface area contributed by atoms with Gasteiger partial charge in [0.15, 0.2) is 0 Å². The van der Waals surface area contributed by atoms with Crippen molar-refractivity contribution in [1.82, 2.24) is 0 Å². The molecule has 4 heterocycles. The van der Waals surface area contributed by atoms with Gasteiger partial charge in [-0.1, -0.05) is 97.1 Å². The molecule has 4 aromatic heterocycles. The van der Waals surface area contributed by atoms with Gasteiger partial charge >= 0.3 is 0 Å². The normalized spacial score (nSPS) is 12.1. The summed E-state index contributed by atoms with van der Waals surface area (Å²) in [5.41, 5.74) is 10.0. The van der Waals surface area contributed by atoms with Gasteiger partial charge in [-0.05, 0) is 143 Å². The van der Waals surface area contributed by atoms with Crippen LogP contribution in [0, 0.1) is 0 Å². The molecular weight excluding hydrogens is 869 g/mol. The number of rotatable bonds is 6. The van der Waals surface area contributed by atoms with Gasteiger partial charge in [0.1, 0.15) is 22.3 Å². The number of hydrogen-bond donors (Lipinski definition) is 0. The van der Waals surface area contributed by atoms with Crippen molar-refractivity contribution in [1.29, 1.82) is 0 Å². The van der Waals surface area contributed by atoms with Gasteiger partial charge in [0.2, 0.25) is 0 Å². The van der Waals surface area contributed by atoms with Crippen LogP contribution in [0.4, 0.5) is 34.1 Å². The molecule has 0 unspecified atom stereocenters. The molecule has 0 saturated carbocycles. The molecule has 0 aliphatic carbocycles. The predicted octanol–water partition coefficient (Wildman–Crippen LogP) is 19.5. The Morgan fingerprint density at radius 2 is 0.603 bits per heavy atom. The van der Waals surface area contributed by atoms with Gasteiger partial charge in [0, 0.05) is 96.0 Å². The van der Waals surface area contributed by atoms with Gasteiger partial charge in [-0.15, -0.1) is 22.7 Å². The Morgan fingerprint density at radius 3 is 1.07 bits per heavy atom. The van der Waals surface area contributed by atoms with Crippen molar-refractivity contribution in [2.45, 2.75) is 0 Å². The second-order valence-electron chi connectivity index (χ2n) is 17.7. The van der Waals surface area contributed by atoms with Gasteiger partial charge in [0.25, 0.3) is 0 Å². The Kier molecular flexibility index (Phi) is 8.07. The summed E-state index contributed by atoms with van der Waals surface area (Å²) in [4.78, 5) is 4.70. The third kappa shape index (κ3) is 5.85. The fraction of sp³-hybridized carbons (Fsp3) is 0. The molecule has 0 aliphatic rings. The molecule has 68 heavy (non-hydrogen) atoms. The highest BCUT2D eigenvalue weighted by Crippen LogP contribution is 2.45. The quantitative estimate of drug-likeness (QED) is 0.166. The predicted molar refractivity (Wildman–Crippen MR) is 291 cm³/mol. The first kappa shape index (κ1) is 37.8. The maximum absolute atomic E-state index is 6.73. The molecule has 318 valence electrons. The van der Waals surface area contributed by atoms with Gasteiger partial charge < -0.3 is 18.6 Å². The van der Waals surface area contributed by atoms with E-state index in [9.17, 15) is 0 Å². The molecule has 0 saturated heterocycles. The molecule has 15 aromatic rings. The third-order valence-corrected chi connectivity index (χ3v) is 16.0. The monoisotopic (exact) mass is 904 g/mol. The van der Waals surface area contributed by atoms with E-state index in [4.69, 9.17) is 8.83 Å². The Morgan fingerprint density at radius 1 is 0.235 bits per heavy atom. The zero-order chi connectivity index (χ0) is 44.5. The molecular formula is C62H36N2O2S2. The minimum Gasteiger partial charge on any atom is -0.456 e. The van der Waals surface area contributed by atoms with Crippen molar-refractivity contribution >= 4 is 163 Å². The van der Waals surface area contributed by atoms with Crippen LogP contribution in [0.25, 0.3) is 106 Å². The van der Waals surface area contributed by atoms with E-state index in [1.807, 2.05) is 22.7 Å². The average molecular weight is 905 g/mol. The van der Waals surface area contributed by atoms with Crippen molar-refractivity contribution in [3.63, 3.8) is 0 Å². The first-order valence-electron chi connectivity index (χ1n) is 22.9. The fourth-order valence-corrected chi connectivity index (χ4v) is 12.8. The summed E-state index contributed by atoms with van der Waals surface area (Å²) in [6, 6.07) is 79.0. The lowest BCUT2D eigenvalue weighted by atomic mass is 10.0. The summed E-state index contributed by atoms with van der Waals surface area (Å²) in [6.45, 7) is 0. The van der Waals surface area contributed by atoms with Crippen LogP contribution >= 0.6 is 22.7 Å². The van der Waals surface area contributed by atoms with E-state index in [-0.39, 0.29) is 0 Å². The lowest BCUT2D eigenvalue weighted by Crippen LogP contribution is -2.09. The molecule has 15 rings (SSSR count). The Balaban J connectivity index is 0.814. The van der Waals surface area contributed by atoms with Gasteiger partial charge in [-0.2, -0.15) is 0 Å². The standard InChI is InChI=1S/C62H36N2O2S2/c1-3-11-41(12-4-1)63(45-23-25-49-47-15-7-9-17-59(47)67-61(49)33-45)43-21-19-37-29-51-53-35-58-54(36-57(53)65-55(51)31-39(37)27-43)52-30-38-20-22-44(28-40(38)32-56(52)66-58)64(42-13-5-2-6-14-42)46-24-26-50-48-16-8-10-18-60(48)68-62(50)34-46/h1-36H. The third-order valence-electron chi connectivity index (χ3n) is 13.7. The molecule has 0 aliphatic heterocycles. The molecule has 0 bridgehead atoms. The molecule has 0 atom stereocenters. The SMILES string of the molecule is c1ccc(N(c2ccc3cc4c(cc3c2)oc2cc3c(cc24)oc2cc4cc(N(c5ccccc5)c5ccc6c(c5)sc5ccccc56)ccc4cc23)c2ccc3c(c2)sc2ccccc23)cc1. The maximum Gasteiger partial charge on any atom is 0.136 e. The van der Waals surface area contributed by atoms with Crippen molar-refractivity contribution in [2.24, 2.45) is 0 Å². The second-order valence-corrected chi connectivity index (χ2v) is 19.9. The largest absolute Gasteiger partial charge is 0.456 e. The first-order valence-corrected chi connectivity index (χ1v) is 24.5. The number of furan rings is 2. The van der Waals surface area contributed by atoms with E-state index < -0.39 is 0 Å². The smallest absolute Gasteiger partial charge is 0.136 e. The number of anilines is 6. The number of thiophene rings is 2. The molecule has 6 heteroatoms. The van der Waals surface area contributed by atoms with E-state index >= 15 is 0 Å². The fourth-order valence-electron chi connectivity index (χ4n) is 10.5. The molecule has 11 aromatic carbocycles. The van der Waals surface area contributed by atoms with Gasteiger partial charge in [-0.3, -0.25) is 0 Å². The number of nitrogens with zero attached hydrogens (tertiary/aromatic N) is 2. The topological polar surface area (TPSA) is 32.8 Å². The zero-order valence-corrected chi connectivity index (χ0v) is 37.9. The van der Waals surface area contributed by atoms with E-state index in [0.29, 0.717) is 0 Å². The lowest BCUT2D eigenvalue weighted by Gasteiger charge is -2.26. The first-order chi connectivity index (χ1) is 33.6. The number of hydrogen-bond acceptors (Lipinski definition) is 6. The van der Waals surface area contributed by atoms with Gasteiger partial charge in [0.05, 0.1) is 0 Å². The van der Waals surface area contributed by atoms with Crippen LogP contribution in [0.15, 0.2) is 227 Å². The van der Waals surface area contributed by atoms with E-state index in [1.165, 1.54) is 40.3 Å². The lowest BCUT2D eigenvalue weighted by molar-refractivity contribution is 0.664. The summed E-state index contributed by atoms with van der Waals surface area (Å²) < 4.78 is 18.6. The van der Waals surface area contributed by atoms with Crippen LogP contribution in [0.3, 0.4) is 0 Å². The summed E-state index contributed by atoms with van der Waals surface area (Å²) in [6.07, 6.45) is 0. The molecule has 4 nitrogen and oxygen atoms in total. The van der Waals surface area contributed by atoms with Crippen LogP contribution in [-0.4, -0.2) is 0 Å². The summed E-state index contributed by atoms with van der Waals surface area (Å²) >= 11 is 3.69. The number of fused-ring (bicyclic) bond motifs is 14. The number of para-hydroxylation sites is 2. The molecule has 0 spiro atoms. The molecule has 0 N–H and O–H groups in total. The average Bonchev–Trinajstić information content (AvgIpc) is 4.14. The minimum atomic E-state index is 0.845. The van der Waals surface area contributed by atoms with E-state index in [1.54, 1.807) is 0 Å². The van der Waals surface area contributed by atoms with E-state index in [2.05, 4.69) is 228 Å². The summed E-state index contributed by atoms with van der Waals surface area (Å²) in [5, 5.41) is 13.9. The highest BCUT2D eigenvalue weighted by Gasteiger charge is 2.20. The van der Waals surface area contributed by atoms with Crippen molar-refractivity contribution in [3.05, 3.63) is 218 Å². The Hall–Kier alpha value is -8.42. The minimum absolute atomic E-state index is 0.845. The van der Waals surface area contributed by atoms with Crippen molar-refractivity contribution in [2.75, 3.05) is 9.80 Å². The van der Waals surface area contributed by atoms with Crippen molar-refractivity contribution in [3.8, 4) is 0 Å². The van der Waals surface area contributed by atoms with Gasteiger partial charge in [-0.25, -0.2) is 0 Å². The number of benzene rings is 11. The highest BCUT2D eigenvalue weighted by molar-refractivity contribution is 7.26. The van der Waals surface area contributed by atoms with Crippen LogP contribution in [0.2, 0.25) is 0 Å². The van der Waals surface area contributed by atoms with Crippen LogP contribution in [0.1, 0.15) is 0 Å². The Bertz CT molecular complexity index is 4230. The summed E-state index contributed by atoms with van der Waals surface area (Å²) in [7, 11) is 0. The molecule has 0 amide bonds. The van der Waals surface area contributed by atoms with Crippen LogP contribution in [0.5, 0.6) is 0 Å². The maximum atomic E-state index is 6.73. The van der Waals surface area contributed by atoms with Crippen LogP contribution < -0.4 is 9.80 Å². The van der Waals surface area contributed by atoms with Crippen molar-refractivity contribution < 1.29 is 8.83 Å². The zero-order valence-electron chi connectivity index (χ0n) is 36.3. The van der Waals surface area contributed by atoms with Crippen LogP contribution in [-0.2, 0) is 0 Å². The highest BCUT2D eigenvalue weighted by atomic mass is 32.1.